The van der Waals surface area contributed by atoms with E-state index in [1.807, 2.05) is 19.4 Å². The maximum Gasteiger partial charge on any atom is 0.262 e. The topological polar surface area (TPSA) is 69.0 Å². The van der Waals surface area contributed by atoms with E-state index in [1.165, 1.54) is 17.0 Å². The number of aryl methyl sites for hydroxylation is 1. The summed E-state index contributed by atoms with van der Waals surface area (Å²) >= 11 is 1.40. The van der Waals surface area contributed by atoms with Gasteiger partial charge in [-0.25, -0.2) is 9.97 Å². The summed E-state index contributed by atoms with van der Waals surface area (Å²) in [6, 6.07) is 5.50. The number of nitrogens with zero attached hydrogens (tertiary/aromatic N) is 3. The predicted octanol–water partition coefficient (Wildman–Crippen LogP) is 3.81. The number of nitrogens with one attached hydrogen (secondary N) is 1. The van der Waals surface area contributed by atoms with Crippen molar-refractivity contribution in [2.24, 2.45) is 7.05 Å². The van der Waals surface area contributed by atoms with Gasteiger partial charge < -0.3 is 9.30 Å². The second-order valence-corrected chi connectivity index (χ2v) is 6.48. The molecule has 3 rings (SSSR count). The van der Waals surface area contributed by atoms with Crippen LogP contribution in [-0.4, -0.2) is 27.0 Å². The van der Waals surface area contributed by atoms with E-state index in [1.54, 1.807) is 18.3 Å². The van der Waals surface area contributed by atoms with Gasteiger partial charge in [-0.1, -0.05) is 0 Å². The van der Waals surface area contributed by atoms with Crippen molar-refractivity contribution in [2.75, 3.05) is 11.9 Å². The fourth-order valence-corrected chi connectivity index (χ4v) is 3.25. The van der Waals surface area contributed by atoms with Gasteiger partial charge in [-0.3, -0.25) is 10.1 Å². The smallest absolute Gasteiger partial charge is 0.262 e. The average Bonchev–Trinajstić information content (AvgIpc) is 3.16. The Morgan fingerprint density at radius 2 is 2.20 bits per heavy atom. The Morgan fingerprint density at radius 3 is 2.88 bits per heavy atom. The lowest BCUT2D eigenvalue weighted by atomic mass is 10.2. The molecule has 0 aliphatic carbocycles. The minimum Gasteiger partial charge on any atom is -0.477 e. The number of pyridine rings is 1. The molecule has 0 fully saturated rings. The third-order valence-electron chi connectivity index (χ3n) is 4.07. The monoisotopic (exact) mass is 356 g/mol. The quantitative estimate of drug-likeness (QED) is 0.755. The van der Waals surface area contributed by atoms with Gasteiger partial charge in [-0.15, -0.1) is 11.3 Å². The molecule has 0 aliphatic heterocycles. The lowest BCUT2D eigenvalue weighted by molar-refractivity contribution is 0.102. The molecule has 0 unspecified atom stereocenters. The first-order valence-corrected chi connectivity index (χ1v) is 8.87. The Kier molecular flexibility index (Phi) is 4.85. The Balaban J connectivity index is 1.82. The van der Waals surface area contributed by atoms with Crippen LogP contribution in [0.3, 0.4) is 0 Å². The highest BCUT2D eigenvalue weighted by Crippen LogP contribution is 2.29. The second-order valence-electron chi connectivity index (χ2n) is 5.62. The van der Waals surface area contributed by atoms with Crippen LogP contribution in [0.1, 0.15) is 28.7 Å². The van der Waals surface area contributed by atoms with Crippen LogP contribution in [0.25, 0.3) is 11.3 Å². The molecule has 1 N–H and O–H groups in total. The third kappa shape index (κ3) is 3.41. The van der Waals surface area contributed by atoms with E-state index >= 15 is 0 Å². The molecule has 0 aromatic carbocycles. The molecule has 0 bridgehead atoms. The molecule has 3 heterocycles. The van der Waals surface area contributed by atoms with E-state index in [9.17, 15) is 4.79 Å². The van der Waals surface area contributed by atoms with Crippen LogP contribution < -0.4 is 10.1 Å². The van der Waals surface area contributed by atoms with Gasteiger partial charge in [0.1, 0.15) is 5.56 Å². The fourth-order valence-electron chi connectivity index (χ4n) is 2.55. The van der Waals surface area contributed by atoms with Gasteiger partial charge in [0.25, 0.3) is 5.91 Å². The average molecular weight is 356 g/mol. The molecule has 0 saturated heterocycles. The first-order valence-electron chi connectivity index (χ1n) is 7.99. The molecule has 0 spiro atoms. The molecular weight excluding hydrogens is 336 g/mol. The van der Waals surface area contributed by atoms with Crippen molar-refractivity contribution in [1.29, 1.82) is 0 Å². The summed E-state index contributed by atoms with van der Waals surface area (Å²) in [6.45, 7) is 6.42. The van der Waals surface area contributed by atoms with E-state index in [-0.39, 0.29) is 5.91 Å². The number of thiazole rings is 1. The summed E-state index contributed by atoms with van der Waals surface area (Å²) < 4.78 is 7.53. The zero-order valence-electron chi connectivity index (χ0n) is 14.7. The van der Waals surface area contributed by atoms with Gasteiger partial charge in [0, 0.05) is 35.6 Å². The van der Waals surface area contributed by atoms with Crippen LogP contribution in [0.4, 0.5) is 5.13 Å². The summed E-state index contributed by atoms with van der Waals surface area (Å²) in [6.07, 6.45) is 1.60. The molecule has 130 valence electrons. The van der Waals surface area contributed by atoms with Crippen LogP contribution in [0, 0.1) is 13.8 Å². The van der Waals surface area contributed by atoms with Gasteiger partial charge in [-0.2, -0.15) is 0 Å². The summed E-state index contributed by atoms with van der Waals surface area (Å²) in [5.74, 6) is 0.0484. The molecule has 1 amide bonds. The van der Waals surface area contributed by atoms with Crippen LogP contribution in [-0.2, 0) is 7.05 Å². The molecule has 6 nitrogen and oxygen atoms in total. The number of amides is 1. The molecule has 0 atom stereocenters. The second kappa shape index (κ2) is 7.06. The van der Waals surface area contributed by atoms with Crippen molar-refractivity contribution in [3.8, 4) is 17.1 Å². The van der Waals surface area contributed by atoms with Crippen molar-refractivity contribution in [3.63, 3.8) is 0 Å². The van der Waals surface area contributed by atoms with Gasteiger partial charge >= 0.3 is 0 Å². The Bertz CT molecular complexity index is 914. The molecule has 3 aromatic heterocycles. The predicted molar refractivity (Wildman–Crippen MR) is 99.4 cm³/mol. The highest BCUT2D eigenvalue weighted by Gasteiger charge is 2.16. The van der Waals surface area contributed by atoms with Gasteiger partial charge in [-0.05, 0) is 39.0 Å². The normalized spacial score (nSPS) is 10.7. The number of carbonyl (C=O) groups is 1. The molecule has 3 aromatic rings. The largest absolute Gasteiger partial charge is 0.477 e. The highest BCUT2D eigenvalue weighted by molar-refractivity contribution is 7.14. The fraction of sp³-hybridized carbons (Fsp3) is 0.278. The number of anilines is 1. The maximum absolute atomic E-state index is 12.5. The minimum atomic E-state index is -0.279. The van der Waals surface area contributed by atoms with Crippen LogP contribution >= 0.6 is 11.3 Å². The number of hydrogen-bond donors (Lipinski definition) is 1. The van der Waals surface area contributed by atoms with E-state index in [4.69, 9.17) is 4.74 Å². The Morgan fingerprint density at radius 1 is 1.40 bits per heavy atom. The third-order valence-corrected chi connectivity index (χ3v) is 4.83. The lowest BCUT2D eigenvalue weighted by Crippen LogP contribution is -2.14. The summed E-state index contributed by atoms with van der Waals surface area (Å²) in [5.41, 5.74) is 4.65. The molecular formula is C18H20N4O2S. The zero-order chi connectivity index (χ0) is 18.0. The maximum atomic E-state index is 12.5. The minimum absolute atomic E-state index is 0.279. The van der Waals surface area contributed by atoms with Crippen LogP contribution in [0.15, 0.2) is 29.8 Å². The van der Waals surface area contributed by atoms with Gasteiger partial charge in [0.15, 0.2) is 5.13 Å². The number of hydrogen-bond acceptors (Lipinski definition) is 5. The molecule has 25 heavy (non-hydrogen) atoms. The van der Waals surface area contributed by atoms with E-state index in [0.29, 0.717) is 23.2 Å². The van der Waals surface area contributed by atoms with Crippen molar-refractivity contribution < 1.29 is 9.53 Å². The van der Waals surface area contributed by atoms with E-state index in [2.05, 4.69) is 39.8 Å². The zero-order valence-corrected chi connectivity index (χ0v) is 15.5. The summed E-state index contributed by atoms with van der Waals surface area (Å²) in [5, 5.41) is 5.33. The molecule has 0 aliphatic rings. The van der Waals surface area contributed by atoms with Crippen molar-refractivity contribution >= 4 is 22.4 Å². The number of rotatable bonds is 5. The number of carbonyl (C=O) groups excluding carboxylic acids is 1. The number of aromatic nitrogens is 3. The summed E-state index contributed by atoms with van der Waals surface area (Å²) in [4.78, 5) is 21.2. The van der Waals surface area contributed by atoms with Crippen LogP contribution in [0.2, 0.25) is 0 Å². The first-order chi connectivity index (χ1) is 12.0. The van der Waals surface area contributed by atoms with Crippen molar-refractivity contribution in [2.45, 2.75) is 20.8 Å². The summed E-state index contributed by atoms with van der Waals surface area (Å²) in [7, 11) is 2.03. The molecule has 0 radical (unpaired) electrons. The molecule has 0 saturated carbocycles. The van der Waals surface area contributed by atoms with Gasteiger partial charge in [0.2, 0.25) is 5.88 Å². The Hall–Kier alpha value is -2.67. The standard InChI is InChI=1S/C18H20N4O2S/c1-5-24-17-13(7-6-8-19-17)16(23)21-18-20-15(10-25-18)14-9-11(2)22(4)12(14)3/h6-10H,5H2,1-4H3,(H,20,21,23). The van der Waals surface area contributed by atoms with Crippen LogP contribution in [0.5, 0.6) is 5.88 Å². The van der Waals surface area contributed by atoms with Crippen molar-refractivity contribution in [3.05, 3.63) is 46.7 Å². The first kappa shape index (κ1) is 17.2. The van der Waals surface area contributed by atoms with E-state index in [0.717, 1.165) is 17.0 Å². The Labute approximate surface area is 150 Å². The van der Waals surface area contributed by atoms with Crippen molar-refractivity contribution in [1.82, 2.24) is 14.5 Å². The SMILES string of the molecule is CCOc1ncccc1C(=O)Nc1nc(-c2cc(C)n(C)c2C)cs1. The highest BCUT2D eigenvalue weighted by atomic mass is 32.1. The lowest BCUT2D eigenvalue weighted by Gasteiger charge is -2.07. The van der Waals surface area contributed by atoms with Gasteiger partial charge in [0.05, 0.1) is 12.3 Å². The van der Waals surface area contributed by atoms with E-state index < -0.39 is 0 Å². The number of ether oxygens (including phenoxy) is 1. The molecule has 7 heteroatoms.